The lowest BCUT2D eigenvalue weighted by atomic mass is 10.3. The smallest absolute Gasteiger partial charge is 0.119 e. The highest BCUT2D eigenvalue weighted by Gasteiger charge is 1.94. The van der Waals surface area contributed by atoms with Crippen molar-refractivity contribution in [2.75, 3.05) is 45.4 Å². The lowest BCUT2D eigenvalue weighted by molar-refractivity contribution is 0.0247. The molecule has 1 aromatic carbocycles. The molecule has 0 radical (unpaired) electrons. The van der Waals surface area contributed by atoms with Crippen LogP contribution in [-0.2, 0) is 9.47 Å². The van der Waals surface area contributed by atoms with E-state index in [1.54, 1.807) is 12.1 Å². The normalized spacial score (nSPS) is 10.4. The largest absolute Gasteiger partial charge is 0.491 e. The van der Waals surface area contributed by atoms with Crippen LogP contribution in [0.2, 0.25) is 0 Å². The van der Waals surface area contributed by atoms with E-state index < -0.39 is 0 Å². The number of nitrogen functional groups attached to an aromatic ring is 1. The van der Waals surface area contributed by atoms with Crippen molar-refractivity contribution in [3.05, 3.63) is 24.3 Å². The van der Waals surface area contributed by atoms with Crippen LogP contribution in [0.5, 0.6) is 5.75 Å². The predicted molar refractivity (Wildman–Crippen MR) is 65.1 cm³/mol. The summed E-state index contributed by atoms with van der Waals surface area (Å²) >= 11 is 0. The molecule has 0 aliphatic carbocycles. The van der Waals surface area contributed by atoms with Gasteiger partial charge in [-0.05, 0) is 24.3 Å². The fraction of sp³-hybridized carbons (Fsp3) is 0.500. The average Bonchev–Trinajstić information content (AvgIpc) is 2.35. The quantitative estimate of drug-likeness (QED) is 0.491. The Morgan fingerprint density at radius 1 is 0.882 bits per heavy atom. The number of anilines is 1. The number of ether oxygens (including phenoxy) is 3. The van der Waals surface area contributed by atoms with E-state index in [9.17, 15) is 0 Å². The first-order valence-corrected chi connectivity index (χ1v) is 5.57. The van der Waals surface area contributed by atoms with Gasteiger partial charge in [-0.25, -0.2) is 0 Å². The Labute approximate surface area is 101 Å². The molecule has 0 aliphatic heterocycles. The minimum atomic E-state index is 0.0419. The summed E-state index contributed by atoms with van der Waals surface area (Å²) in [5.41, 5.74) is 6.27. The number of rotatable bonds is 9. The van der Waals surface area contributed by atoms with Crippen LogP contribution < -0.4 is 10.5 Å². The maximum atomic E-state index is 8.46. The Kier molecular flexibility index (Phi) is 7.13. The molecule has 0 bridgehead atoms. The number of nitrogens with two attached hydrogens (primary N) is 1. The zero-order valence-electron chi connectivity index (χ0n) is 9.80. The molecule has 0 aromatic heterocycles. The fourth-order valence-electron chi connectivity index (χ4n) is 1.17. The highest BCUT2D eigenvalue weighted by atomic mass is 16.5. The molecule has 0 spiro atoms. The molecular weight excluding hydrogens is 222 g/mol. The van der Waals surface area contributed by atoms with Gasteiger partial charge in [0.05, 0.1) is 33.0 Å². The van der Waals surface area contributed by atoms with E-state index in [1.165, 1.54) is 0 Å². The van der Waals surface area contributed by atoms with Gasteiger partial charge in [-0.1, -0.05) is 0 Å². The summed E-state index contributed by atoms with van der Waals surface area (Å²) in [6.07, 6.45) is 0. The molecular formula is C12H19NO4. The van der Waals surface area contributed by atoms with Gasteiger partial charge in [0, 0.05) is 5.69 Å². The van der Waals surface area contributed by atoms with Crippen molar-refractivity contribution >= 4 is 5.69 Å². The Hall–Kier alpha value is -1.30. The van der Waals surface area contributed by atoms with Gasteiger partial charge in [0.25, 0.3) is 0 Å². The van der Waals surface area contributed by atoms with Crippen molar-refractivity contribution in [1.29, 1.82) is 0 Å². The fourth-order valence-corrected chi connectivity index (χ4v) is 1.17. The second-order valence-corrected chi connectivity index (χ2v) is 3.37. The van der Waals surface area contributed by atoms with Crippen LogP contribution in [0.15, 0.2) is 24.3 Å². The maximum absolute atomic E-state index is 8.46. The van der Waals surface area contributed by atoms with Crippen LogP contribution in [0.1, 0.15) is 0 Å². The maximum Gasteiger partial charge on any atom is 0.119 e. The van der Waals surface area contributed by atoms with Crippen molar-refractivity contribution < 1.29 is 19.3 Å². The summed E-state index contributed by atoms with van der Waals surface area (Å²) in [7, 11) is 0. The summed E-state index contributed by atoms with van der Waals surface area (Å²) in [5.74, 6) is 0.777. The molecule has 0 fully saturated rings. The van der Waals surface area contributed by atoms with Gasteiger partial charge in [0.15, 0.2) is 0 Å². The molecule has 0 unspecified atom stereocenters. The molecule has 5 nitrogen and oxygen atoms in total. The number of benzene rings is 1. The van der Waals surface area contributed by atoms with Crippen molar-refractivity contribution in [3.8, 4) is 5.75 Å². The highest BCUT2D eigenvalue weighted by Crippen LogP contribution is 2.12. The third kappa shape index (κ3) is 6.78. The first kappa shape index (κ1) is 13.8. The zero-order valence-corrected chi connectivity index (χ0v) is 9.80. The third-order valence-electron chi connectivity index (χ3n) is 1.98. The molecule has 0 aliphatic rings. The van der Waals surface area contributed by atoms with E-state index in [0.717, 1.165) is 11.4 Å². The minimum absolute atomic E-state index is 0.0419. The number of aliphatic hydroxyl groups excluding tert-OH is 1. The Balaban J connectivity index is 1.95. The first-order valence-electron chi connectivity index (χ1n) is 5.57. The van der Waals surface area contributed by atoms with Gasteiger partial charge >= 0.3 is 0 Å². The van der Waals surface area contributed by atoms with E-state index in [4.69, 9.17) is 25.1 Å². The van der Waals surface area contributed by atoms with Gasteiger partial charge < -0.3 is 25.1 Å². The molecule has 0 heterocycles. The monoisotopic (exact) mass is 241 g/mol. The van der Waals surface area contributed by atoms with Gasteiger partial charge in [-0.15, -0.1) is 0 Å². The molecule has 5 heteroatoms. The van der Waals surface area contributed by atoms with Gasteiger partial charge in [-0.3, -0.25) is 0 Å². The Bertz CT molecular complexity index is 289. The molecule has 0 saturated heterocycles. The molecule has 0 atom stereocenters. The van der Waals surface area contributed by atoms with Crippen LogP contribution in [0.3, 0.4) is 0 Å². The summed E-state index contributed by atoms with van der Waals surface area (Å²) in [5, 5.41) is 8.46. The van der Waals surface area contributed by atoms with E-state index in [1.807, 2.05) is 12.1 Å². The van der Waals surface area contributed by atoms with Crippen LogP contribution >= 0.6 is 0 Å². The van der Waals surface area contributed by atoms with Crippen molar-refractivity contribution in [2.45, 2.75) is 0 Å². The highest BCUT2D eigenvalue weighted by molar-refractivity contribution is 5.41. The van der Waals surface area contributed by atoms with E-state index >= 15 is 0 Å². The molecule has 0 saturated carbocycles. The first-order chi connectivity index (χ1) is 8.33. The van der Waals surface area contributed by atoms with E-state index in [0.29, 0.717) is 33.0 Å². The van der Waals surface area contributed by atoms with Crippen molar-refractivity contribution in [1.82, 2.24) is 0 Å². The summed E-state index contributed by atoms with van der Waals surface area (Å²) in [6.45, 7) is 2.38. The molecule has 96 valence electrons. The zero-order chi connectivity index (χ0) is 12.3. The Morgan fingerprint density at radius 3 is 2.12 bits per heavy atom. The molecule has 1 rings (SSSR count). The molecule has 0 amide bonds. The summed E-state index contributed by atoms with van der Waals surface area (Å²) < 4.78 is 15.7. The average molecular weight is 241 g/mol. The van der Waals surface area contributed by atoms with Crippen LogP contribution in [0.25, 0.3) is 0 Å². The topological polar surface area (TPSA) is 73.9 Å². The van der Waals surface area contributed by atoms with E-state index in [-0.39, 0.29) is 6.61 Å². The minimum Gasteiger partial charge on any atom is -0.491 e. The molecule has 3 N–H and O–H groups in total. The van der Waals surface area contributed by atoms with E-state index in [2.05, 4.69) is 0 Å². The van der Waals surface area contributed by atoms with Crippen LogP contribution in [0, 0.1) is 0 Å². The second-order valence-electron chi connectivity index (χ2n) is 3.37. The SMILES string of the molecule is Nc1ccc(OCCOCCOCCO)cc1. The van der Waals surface area contributed by atoms with Crippen LogP contribution in [0.4, 0.5) is 5.69 Å². The van der Waals surface area contributed by atoms with Crippen LogP contribution in [-0.4, -0.2) is 44.7 Å². The second kappa shape index (κ2) is 8.81. The number of hydrogen-bond donors (Lipinski definition) is 2. The molecule has 17 heavy (non-hydrogen) atoms. The predicted octanol–water partition coefficient (Wildman–Crippen LogP) is 0.673. The van der Waals surface area contributed by atoms with Crippen molar-refractivity contribution in [2.24, 2.45) is 0 Å². The lowest BCUT2D eigenvalue weighted by Gasteiger charge is -2.07. The third-order valence-corrected chi connectivity index (χ3v) is 1.98. The van der Waals surface area contributed by atoms with Gasteiger partial charge in [0.2, 0.25) is 0 Å². The van der Waals surface area contributed by atoms with Gasteiger partial charge in [0.1, 0.15) is 12.4 Å². The molecule has 1 aromatic rings. The van der Waals surface area contributed by atoms with Gasteiger partial charge in [-0.2, -0.15) is 0 Å². The Morgan fingerprint density at radius 2 is 1.47 bits per heavy atom. The number of hydrogen-bond acceptors (Lipinski definition) is 5. The standard InChI is InChI=1S/C12H19NO4/c13-11-1-3-12(4-2-11)17-10-9-16-8-7-15-6-5-14/h1-4,14H,5-10,13H2. The lowest BCUT2D eigenvalue weighted by Crippen LogP contribution is -2.11. The van der Waals surface area contributed by atoms with Crippen molar-refractivity contribution in [3.63, 3.8) is 0 Å². The summed E-state index contributed by atoms with van der Waals surface area (Å²) in [4.78, 5) is 0. The summed E-state index contributed by atoms with van der Waals surface area (Å²) in [6, 6.07) is 7.22. The number of aliphatic hydroxyl groups is 1.